The van der Waals surface area contributed by atoms with Gasteiger partial charge in [0.05, 0.1) is 13.2 Å². The van der Waals surface area contributed by atoms with Gasteiger partial charge in [-0.05, 0) is 49.5 Å². The lowest BCUT2D eigenvalue weighted by Crippen LogP contribution is -2.62. The van der Waals surface area contributed by atoms with Crippen LogP contribution in [0.1, 0.15) is 37.2 Å². The molecule has 3 aliphatic rings. The van der Waals surface area contributed by atoms with Crippen LogP contribution < -0.4 is 5.73 Å². The summed E-state index contributed by atoms with van der Waals surface area (Å²) in [5.41, 5.74) is 1.47. The fourth-order valence-corrected chi connectivity index (χ4v) is 4.72. The summed E-state index contributed by atoms with van der Waals surface area (Å²) in [6.45, 7) is 7.69. The minimum Gasteiger partial charge on any atom is -0.347 e. The van der Waals surface area contributed by atoms with E-state index in [1.165, 1.54) is 5.56 Å². The van der Waals surface area contributed by atoms with Crippen molar-refractivity contribution in [3.63, 3.8) is 0 Å². The summed E-state index contributed by atoms with van der Waals surface area (Å²) in [5.74, 6) is -0.0291. The predicted octanol–water partition coefficient (Wildman–Crippen LogP) is 2.57. The van der Waals surface area contributed by atoms with Crippen LogP contribution in [0.3, 0.4) is 0 Å². The molecule has 8 nitrogen and oxygen atoms in total. The van der Waals surface area contributed by atoms with Gasteiger partial charge in [-0.3, -0.25) is 9.45 Å². The number of nitrogens with two attached hydrogens (primary N) is 1. The molecule has 1 unspecified atom stereocenters. The number of halogens is 4. The number of benzene rings is 1. The van der Waals surface area contributed by atoms with E-state index in [0.717, 1.165) is 71.6 Å². The van der Waals surface area contributed by atoms with E-state index in [1.54, 1.807) is 12.1 Å². The molecule has 1 aromatic carbocycles. The molecular formula is C22H33F4N3O5S. The molecule has 3 saturated heterocycles. The van der Waals surface area contributed by atoms with E-state index in [2.05, 4.69) is 9.80 Å². The normalized spacial score (nSPS) is 22.5. The summed E-state index contributed by atoms with van der Waals surface area (Å²) in [6, 6.07) is 7.60. The monoisotopic (exact) mass is 527 g/mol. The van der Waals surface area contributed by atoms with Gasteiger partial charge in [-0.1, -0.05) is 12.1 Å². The zero-order valence-corrected chi connectivity index (χ0v) is 20.2. The molecule has 4 rings (SSSR count). The summed E-state index contributed by atoms with van der Waals surface area (Å²) >= 11 is 0. The average Bonchev–Trinajstić information content (AvgIpc) is 3.21. The first kappa shape index (κ1) is 28.2. The molecule has 13 heteroatoms. The molecule has 0 saturated carbocycles. The van der Waals surface area contributed by atoms with Crippen LogP contribution in [0.2, 0.25) is 0 Å². The molecule has 0 aliphatic carbocycles. The highest BCUT2D eigenvalue weighted by Crippen LogP contribution is 2.33. The van der Waals surface area contributed by atoms with Crippen molar-refractivity contribution in [2.75, 3.05) is 52.5 Å². The van der Waals surface area contributed by atoms with Crippen molar-refractivity contribution in [3.8, 4) is 0 Å². The van der Waals surface area contributed by atoms with Gasteiger partial charge in [0.25, 0.3) is 0 Å². The Morgan fingerprint density at radius 1 is 1.09 bits per heavy atom. The fourth-order valence-electron chi connectivity index (χ4n) is 4.72. The number of alkyl halides is 3. The summed E-state index contributed by atoms with van der Waals surface area (Å²) in [7, 11) is -5.84. The second-order valence-corrected chi connectivity index (χ2v) is 10.5. The van der Waals surface area contributed by atoms with Crippen molar-refractivity contribution in [2.24, 2.45) is 5.73 Å². The lowest BCUT2D eigenvalue weighted by Gasteiger charge is -2.49. The molecule has 3 heterocycles. The van der Waals surface area contributed by atoms with E-state index in [9.17, 15) is 17.6 Å². The number of piperidine rings is 1. The summed E-state index contributed by atoms with van der Waals surface area (Å²) < 4.78 is 82.4. The van der Waals surface area contributed by atoms with Crippen LogP contribution in [-0.4, -0.2) is 92.6 Å². The van der Waals surface area contributed by atoms with Crippen LogP contribution in [0.15, 0.2) is 24.3 Å². The molecule has 0 radical (unpaired) electrons. The Kier molecular flexibility index (Phi) is 9.51. The fraction of sp³-hybridized carbons (Fsp3) is 0.727. The third kappa shape index (κ3) is 7.81. The van der Waals surface area contributed by atoms with Crippen LogP contribution >= 0.6 is 0 Å². The van der Waals surface area contributed by atoms with Crippen LogP contribution in [0.25, 0.3) is 0 Å². The van der Waals surface area contributed by atoms with Gasteiger partial charge < -0.3 is 20.1 Å². The first-order valence-corrected chi connectivity index (χ1v) is 13.1. The molecule has 1 aromatic rings. The quantitative estimate of drug-likeness (QED) is 0.317. The zero-order chi connectivity index (χ0) is 25.7. The summed E-state index contributed by atoms with van der Waals surface area (Å²) in [5, 5.41) is 0. The molecule has 0 bridgehead atoms. The Balaban J connectivity index is 0.000000371. The third-order valence-electron chi connectivity index (χ3n) is 6.77. The maximum Gasteiger partial charge on any atom is 0.522 e. The van der Waals surface area contributed by atoms with Crippen molar-refractivity contribution in [3.05, 3.63) is 35.6 Å². The second kappa shape index (κ2) is 11.8. The van der Waals surface area contributed by atoms with Gasteiger partial charge in [-0.15, -0.1) is 0 Å². The van der Waals surface area contributed by atoms with Crippen molar-refractivity contribution in [1.29, 1.82) is 0 Å². The molecule has 200 valence electrons. The van der Waals surface area contributed by atoms with E-state index >= 15 is 0 Å². The lowest BCUT2D eigenvalue weighted by molar-refractivity contribution is -0.191. The van der Waals surface area contributed by atoms with E-state index in [1.807, 2.05) is 12.1 Å². The summed E-state index contributed by atoms with van der Waals surface area (Å²) in [6.07, 6.45) is 4.02. The third-order valence-corrected chi connectivity index (χ3v) is 7.36. The van der Waals surface area contributed by atoms with Crippen LogP contribution in [-0.2, 0) is 19.6 Å². The van der Waals surface area contributed by atoms with Crippen molar-refractivity contribution < 1.29 is 40.0 Å². The van der Waals surface area contributed by atoms with Crippen molar-refractivity contribution in [1.82, 2.24) is 9.80 Å². The first-order chi connectivity index (χ1) is 16.4. The number of rotatable bonds is 7. The number of hydrogen-bond acceptors (Lipinski definition) is 7. The smallest absolute Gasteiger partial charge is 0.347 e. The summed E-state index contributed by atoms with van der Waals surface area (Å²) in [4.78, 5) is 5.13. The van der Waals surface area contributed by atoms with Crippen molar-refractivity contribution in [2.45, 2.75) is 48.9 Å². The van der Waals surface area contributed by atoms with Gasteiger partial charge in [0.2, 0.25) is 0 Å². The molecule has 0 aromatic heterocycles. The molecule has 3 N–H and O–H groups in total. The SMILES string of the molecule is NCCC(CCN1CC(N2CCC3(CC2)OCCO3)C1)c1ccc(F)cc1.O=S(=O)(O)C(F)(F)F. The molecular weight excluding hydrogens is 494 g/mol. The van der Waals surface area contributed by atoms with E-state index in [4.69, 9.17) is 28.2 Å². The predicted molar refractivity (Wildman–Crippen MR) is 121 cm³/mol. The molecule has 35 heavy (non-hydrogen) atoms. The highest BCUT2D eigenvalue weighted by molar-refractivity contribution is 7.86. The second-order valence-electron chi connectivity index (χ2n) is 9.09. The molecule has 3 aliphatic heterocycles. The van der Waals surface area contributed by atoms with Crippen molar-refractivity contribution >= 4 is 10.1 Å². The Hall–Kier alpha value is -1.35. The molecule has 3 fully saturated rings. The Morgan fingerprint density at radius 3 is 2.11 bits per heavy atom. The molecule has 1 atom stereocenters. The van der Waals surface area contributed by atoms with Gasteiger partial charge in [0, 0.05) is 45.1 Å². The van der Waals surface area contributed by atoms with Gasteiger partial charge in [-0.2, -0.15) is 21.6 Å². The van der Waals surface area contributed by atoms with Gasteiger partial charge in [0.15, 0.2) is 5.79 Å². The average molecular weight is 528 g/mol. The molecule has 0 amide bonds. The lowest BCUT2D eigenvalue weighted by atomic mass is 9.91. The highest BCUT2D eigenvalue weighted by Gasteiger charge is 2.44. The number of likely N-dealkylation sites (tertiary alicyclic amines) is 2. The Morgan fingerprint density at radius 2 is 1.63 bits per heavy atom. The highest BCUT2D eigenvalue weighted by atomic mass is 32.2. The van der Waals surface area contributed by atoms with Gasteiger partial charge in [-0.25, -0.2) is 4.39 Å². The number of nitrogens with zero attached hydrogens (tertiary/aromatic N) is 2. The maximum absolute atomic E-state index is 13.2. The number of hydrogen-bond donors (Lipinski definition) is 2. The standard InChI is InChI=1S/C21H32FN3O2.CHF3O3S/c22-19-3-1-17(2-4-19)18(5-9-23)6-10-24-15-20(16-24)25-11-7-21(8-12-25)26-13-14-27-21;2-1(3,4)8(5,6)7/h1-4,18,20H,5-16,23H2;(H,5,6,7). The topological polar surface area (TPSA) is 105 Å². The van der Waals surface area contributed by atoms with E-state index in [-0.39, 0.29) is 11.6 Å². The largest absolute Gasteiger partial charge is 0.522 e. The molecule has 1 spiro atoms. The maximum atomic E-state index is 13.2. The van der Waals surface area contributed by atoms with E-state index < -0.39 is 15.6 Å². The Labute approximate surface area is 203 Å². The number of ether oxygens (including phenoxy) is 2. The van der Waals surface area contributed by atoms with Crippen LogP contribution in [0.4, 0.5) is 17.6 Å². The van der Waals surface area contributed by atoms with E-state index in [0.29, 0.717) is 18.5 Å². The minimum absolute atomic E-state index is 0.174. The van der Waals surface area contributed by atoms with Gasteiger partial charge >= 0.3 is 15.6 Å². The zero-order valence-electron chi connectivity index (χ0n) is 19.4. The van der Waals surface area contributed by atoms with Gasteiger partial charge in [0.1, 0.15) is 5.82 Å². The first-order valence-electron chi connectivity index (χ1n) is 11.7. The van der Waals surface area contributed by atoms with Crippen LogP contribution in [0.5, 0.6) is 0 Å². The Bertz CT molecular complexity index is 895. The van der Waals surface area contributed by atoms with Crippen LogP contribution in [0, 0.1) is 5.82 Å². The minimum atomic E-state index is -5.84.